The quantitative estimate of drug-likeness (QED) is 0.225. The zero-order valence-electron chi connectivity index (χ0n) is 22.5. The van der Waals surface area contributed by atoms with E-state index < -0.39 is 0 Å². The van der Waals surface area contributed by atoms with Gasteiger partial charge in [-0.3, -0.25) is 4.57 Å². The number of para-hydroxylation sites is 2. The summed E-state index contributed by atoms with van der Waals surface area (Å²) in [7, 11) is 0. The summed E-state index contributed by atoms with van der Waals surface area (Å²) in [6.45, 7) is 0. The van der Waals surface area contributed by atoms with Crippen LogP contribution in [-0.4, -0.2) is 14.5 Å². The van der Waals surface area contributed by atoms with Gasteiger partial charge in [0.1, 0.15) is 11.2 Å². The van der Waals surface area contributed by atoms with E-state index in [4.69, 9.17) is 14.4 Å². The van der Waals surface area contributed by atoms with E-state index in [0.717, 1.165) is 71.5 Å². The lowest BCUT2D eigenvalue weighted by atomic mass is 10.0. The second kappa shape index (κ2) is 8.88. The Morgan fingerprint density at radius 1 is 0.429 bits per heavy atom. The number of furan rings is 1. The average molecular weight is 538 g/mol. The van der Waals surface area contributed by atoms with E-state index in [2.05, 4.69) is 120 Å². The van der Waals surface area contributed by atoms with Crippen molar-refractivity contribution in [1.82, 2.24) is 14.5 Å². The summed E-state index contributed by atoms with van der Waals surface area (Å²) in [4.78, 5) is 10.3. The number of benzene rings is 6. The maximum Gasteiger partial charge on any atom is 0.235 e. The zero-order valence-corrected chi connectivity index (χ0v) is 22.5. The first kappa shape index (κ1) is 23.0. The molecule has 0 bridgehead atoms. The van der Waals surface area contributed by atoms with E-state index in [0.29, 0.717) is 5.95 Å². The van der Waals surface area contributed by atoms with Gasteiger partial charge in [0, 0.05) is 32.5 Å². The van der Waals surface area contributed by atoms with Gasteiger partial charge in [0.2, 0.25) is 5.95 Å². The predicted molar refractivity (Wildman–Crippen MR) is 172 cm³/mol. The van der Waals surface area contributed by atoms with Gasteiger partial charge in [-0.1, -0.05) is 103 Å². The molecule has 196 valence electrons. The molecule has 0 aliphatic carbocycles. The first-order valence-corrected chi connectivity index (χ1v) is 14.1. The Bertz CT molecular complexity index is 2460. The number of fused-ring (bicyclic) bond motifs is 7. The summed E-state index contributed by atoms with van der Waals surface area (Å²) in [5, 5.41) is 5.44. The molecule has 0 aliphatic rings. The van der Waals surface area contributed by atoms with E-state index in [-0.39, 0.29) is 0 Å². The van der Waals surface area contributed by atoms with Crippen molar-refractivity contribution in [2.45, 2.75) is 0 Å². The van der Waals surface area contributed by atoms with Crippen molar-refractivity contribution in [3.8, 4) is 28.3 Å². The van der Waals surface area contributed by atoms with Crippen LogP contribution in [0.4, 0.5) is 0 Å². The van der Waals surface area contributed by atoms with E-state index in [1.165, 1.54) is 5.56 Å². The molecule has 0 amide bonds. The predicted octanol–water partition coefficient (Wildman–Crippen LogP) is 9.96. The molecule has 0 unspecified atom stereocenters. The summed E-state index contributed by atoms with van der Waals surface area (Å²) < 4.78 is 8.61. The molecule has 4 heteroatoms. The molecule has 0 atom stereocenters. The molecule has 0 fully saturated rings. The lowest BCUT2D eigenvalue weighted by molar-refractivity contribution is 0.669. The minimum absolute atomic E-state index is 0.649. The van der Waals surface area contributed by atoms with Gasteiger partial charge in [0.15, 0.2) is 0 Å². The van der Waals surface area contributed by atoms with Gasteiger partial charge in [-0.2, -0.15) is 0 Å². The smallest absolute Gasteiger partial charge is 0.235 e. The largest absolute Gasteiger partial charge is 0.456 e. The van der Waals surface area contributed by atoms with Crippen molar-refractivity contribution in [2.24, 2.45) is 0 Å². The fraction of sp³-hybridized carbons (Fsp3) is 0. The molecule has 0 radical (unpaired) electrons. The summed E-state index contributed by atoms with van der Waals surface area (Å²) >= 11 is 0. The van der Waals surface area contributed by atoms with Crippen LogP contribution in [0.15, 0.2) is 144 Å². The Labute approximate surface area is 241 Å². The number of rotatable bonds is 3. The third kappa shape index (κ3) is 3.42. The Morgan fingerprint density at radius 3 is 1.95 bits per heavy atom. The third-order valence-corrected chi connectivity index (χ3v) is 8.21. The van der Waals surface area contributed by atoms with Crippen molar-refractivity contribution in [3.63, 3.8) is 0 Å². The number of hydrogen-bond acceptors (Lipinski definition) is 3. The van der Waals surface area contributed by atoms with Crippen LogP contribution >= 0.6 is 0 Å². The van der Waals surface area contributed by atoms with Crippen LogP contribution in [0.25, 0.3) is 83.0 Å². The Hall–Kier alpha value is -5.74. The van der Waals surface area contributed by atoms with E-state index >= 15 is 0 Å². The molecule has 3 aromatic heterocycles. The van der Waals surface area contributed by atoms with Crippen molar-refractivity contribution >= 4 is 54.6 Å². The van der Waals surface area contributed by atoms with Crippen LogP contribution in [0.5, 0.6) is 0 Å². The molecule has 0 spiro atoms. The van der Waals surface area contributed by atoms with Crippen LogP contribution in [0.3, 0.4) is 0 Å². The van der Waals surface area contributed by atoms with Crippen molar-refractivity contribution in [1.29, 1.82) is 0 Å². The minimum atomic E-state index is 0.649. The first-order chi connectivity index (χ1) is 20.8. The molecule has 0 N–H and O–H groups in total. The first-order valence-electron chi connectivity index (χ1n) is 14.1. The monoisotopic (exact) mass is 537 g/mol. The number of hydrogen-bond donors (Lipinski definition) is 0. The lowest BCUT2D eigenvalue weighted by Gasteiger charge is -2.11. The van der Waals surface area contributed by atoms with Gasteiger partial charge < -0.3 is 4.42 Å². The van der Waals surface area contributed by atoms with Crippen LogP contribution in [-0.2, 0) is 0 Å². The Kier molecular flexibility index (Phi) is 4.87. The zero-order chi connectivity index (χ0) is 27.6. The normalized spacial score (nSPS) is 11.8. The molecule has 4 nitrogen and oxygen atoms in total. The van der Waals surface area contributed by atoms with Gasteiger partial charge in [0.05, 0.1) is 22.2 Å². The number of nitrogens with zero attached hydrogens (tertiary/aromatic N) is 3. The van der Waals surface area contributed by atoms with Gasteiger partial charge in [0.25, 0.3) is 0 Å². The van der Waals surface area contributed by atoms with Crippen LogP contribution in [0.1, 0.15) is 0 Å². The second-order valence-electron chi connectivity index (χ2n) is 10.7. The van der Waals surface area contributed by atoms with Gasteiger partial charge in [-0.05, 0) is 47.5 Å². The highest BCUT2D eigenvalue weighted by atomic mass is 16.3. The molecule has 0 saturated carbocycles. The molecule has 3 heterocycles. The fourth-order valence-corrected chi connectivity index (χ4v) is 6.24. The molecule has 9 rings (SSSR count). The molecule has 0 saturated heterocycles. The highest BCUT2D eigenvalue weighted by molar-refractivity contribution is 6.17. The maximum absolute atomic E-state index is 6.41. The van der Waals surface area contributed by atoms with Gasteiger partial charge in [-0.25, -0.2) is 9.97 Å². The van der Waals surface area contributed by atoms with E-state index in [9.17, 15) is 0 Å². The Morgan fingerprint density at radius 2 is 1.12 bits per heavy atom. The fourth-order valence-electron chi connectivity index (χ4n) is 6.24. The molecular formula is C38H23N3O. The minimum Gasteiger partial charge on any atom is -0.456 e. The third-order valence-electron chi connectivity index (χ3n) is 8.21. The van der Waals surface area contributed by atoms with Crippen LogP contribution in [0.2, 0.25) is 0 Å². The standard InChI is InChI=1S/C38H23N3O/c1-3-11-24(12-4-1)26-19-20-35-30(21-26)31-22-34-29(23-36(31)42-35)27-15-8-10-18-33(27)41(34)38-39-32-17-9-7-16-28(32)37(40-38)25-13-5-2-6-14-25/h1-23H. The lowest BCUT2D eigenvalue weighted by Crippen LogP contribution is -2.03. The SMILES string of the molecule is c1ccc(-c2ccc3oc4cc5c6ccccc6n(-c6nc(-c7ccccc7)c7ccccc7n6)c5cc4c3c2)cc1. The molecule has 9 aromatic rings. The van der Waals surface area contributed by atoms with Gasteiger partial charge in [-0.15, -0.1) is 0 Å². The van der Waals surface area contributed by atoms with Crippen molar-refractivity contribution < 1.29 is 4.42 Å². The summed E-state index contributed by atoms with van der Waals surface area (Å²) in [5.74, 6) is 0.649. The second-order valence-corrected chi connectivity index (χ2v) is 10.7. The molecule has 0 aliphatic heterocycles. The summed E-state index contributed by atoms with van der Waals surface area (Å²) in [6, 6.07) is 48.4. The molecule has 42 heavy (non-hydrogen) atoms. The summed E-state index contributed by atoms with van der Waals surface area (Å²) in [6.07, 6.45) is 0. The average Bonchev–Trinajstić information content (AvgIpc) is 3.58. The van der Waals surface area contributed by atoms with Crippen molar-refractivity contribution in [3.05, 3.63) is 140 Å². The maximum atomic E-state index is 6.41. The van der Waals surface area contributed by atoms with Crippen LogP contribution < -0.4 is 0 Å². The highest BCUT2D eigenvalue weighted by Crippen LogP contribution is 2.39. The molecule has 6 aromatic carbocycles. The highest BCUT2D eigenvalue weighted by Gasteiger charge is 2.19. The summed E-state index contributed by atoms with van der Waals surface area (Å²) in [5.41, 5.74) is 9.10. The van der Waals surface area contributed by atoms with Gasteiger partial charge >= 0.3 is 0 Å². The topological polar surface area (TPSA) is 43.9 Å². The van der Waals surface area contributed by atoms with E-state index in [1.54, 1.807) is 0 Å². The van der Waals surface area contributed by atoms with Crippen molar-refractivity contribution in [2.75, 3.05) is 0 Å². The van der Waals surface area contributed by atoms with E-state index in [1.807, 2.05) is 24.3 Å². The van der Waals surface area contributed by atoms with Crippen LogP contribution in [0, 0.1) is 0 Å². The Balaban J connectivity index is 1.37. The number of aromatic nitrogens is 3. The molecular weight excluding hydrogens is 514 g/mol.